The summed E-state index contributed by atoms with van der Waals surface area (Å²) in [5, 5.41) is 3.20. The molecule has 0 amide bonds. The average Bonchev–Trinajstić information content (AvgIpc) is 2.46. The number of nitrogen functional groups attached to an aromatic ring is 1. The van der Waals surface area contributed by atoms with Gasteiger partial charge >= 0.3 is 0 Å². The van der Waals surface area contributed by atoms with Gasteiger partial charge in [-0.15, -0.1) is 0 Å². The third-order valence-electron chi connectivity index (χ3n) is 2.94. The zero-order valence-electron chi connectivity index (χ0n) is 12.7. The van der Waals surface area contributed by atoms with Crippen molar-refractivity contribution < 1.29 is 9.47 Å². The fourth-order valence-electron chi connectivity index (χ4n) is 1.87. The van der Waals surface area contributed by atoms with E-state index in [0.717, 1.165) is 5.69 Å². The Hall–Kier alpha value is -2.50. The molecule has 0 bridgehead atoms. The number of ether oxygens (including phenoxy) is 2. The van der Waals surface area contributed by atoms with Crippen molar-refractivity contribution in [2.45, 2.75) is 19.8 Å². The summed E-state index contributed by atoms with van der Waals surface area (Å²) in [4.78, 5) is 8.67. The minimum atomic E-state index is 0.208. The molecule has 0 saturated heterocycles. The second kappa shape index (κ2) is 6.30. The van der Waals surface area contributed by atoms with Crippen LogP contribution in [0.25, 0.3) is 0 Å². The highest BCUT2D eigenvalue weighted by Crippen LogP contribution is 2.31. The van der Waals surface area contributed by atoms with Gasteiger partial charge in [-0.05, 0) is 12.1 Å². The molecule has 2 rings (SSSR count). The van der Waals surface area contributed by atoms with Crippen molar-refractivity contribution in [1.82, 2.24) is 9.97 Å². The molecule has 1 aromatic heterocycles. The average molecular weight is 288 g/mol. The molecule has 112 valence electrons. The number of hydrogen-bond acceptors (Lipinski definition) is 6. The molecule has 0 aliphatic heterocycles. The molecule has 6 heteroatoms. The van der Waals surface area contributed by atoms with E-state index in [4.69, 9.17) is 15.2 Å². The molecule has 2 aromatic rings. The van der Waals surface area contributed by atoms with Gasteiger partial charge in [0.25, 0.3) is 0 Å². The fraction of sp³-hybridized carbons (Fsp3) is 0.333. The van der Waals surface area contributed by atoms with Gasteiger partial charge in [0.2, 0.25) is 0 Å². The SMILES string of the molecule is COc1ccc(Nc2cc(N)nc(C(C)C)n2)cc1OC. The lowest BCUT2D eigenvalue weighted by molar-refractivity contribution is 0.355. The lowest BCUT2D eigenvalue weighted by Crippen LogP contribution is -2.05. The molecule has 1 heterocycles. The van der Waals surface area contributed by atoms with E-state index >= 15 is 0 Å². The summed E-state index contributed by atoms with van der Waals surface area (Å²) in [5.74, 6) is 3.33. The minimum Gasteiger partial charge on any atom is -0.493 e. The summed E-state index contributed by atoms with van der Waals surface area (Å²) < 4.78 is 10.5. The molecule has 1 aromatic carbocycles. The van der Waals surface area contributed by atoms with E-state index in [0.29, 0.717) is 29.0 Å². The third kappa shape index (κ3) is 3.53. The van der Waals surface area contributed by atoms with Crippen LogP contribution in [0.15, 0.2) is 24.3 Å². The Labute approximate surface area is 124 Å². The van der Waals surface area contributed by atoms with Crippen LogP contribution in [0.5, 0.6) is 11.5 Å². The molecule has 3 N–H and O–H groups in total. The second-order valence-electron chi connectivity index (χ2n) is 4.89. The van der Waals surface area contributed by atoms with Gasteiger partial charge in [0.05, 0.1) is 14.2 Å². The number of benzene rings is 1. The van der Waals surface area contributed by atoms with Crippen molar-refractivity contribution >= 4 is 17.3 Å². The van der Waals surface area contributed by atoms with Gasteiger partial charge in [-0.25, -0.2) is 9.97 Å². The molecule has 0 saturated carbocycles. The second-order valence-corrected chi connectivity index (χ2v) is 4.89. The predicted octanol–water partition coefficient (Wildman–Crippen LogP) is 2.94. The number of rotatable bonds is 5. The molecule has 0 aliphatic carbocycles. The minimum absolute atomic E-state index is 0.208. The smallest absolute Gasteiger partial charge is 0.162 e. The van der Waals surface area contributed by atoms with Gasteiger partial charge in [0, 0.05) is 23.7 Å². The number of anilines is 3. The van der Waals surface area contributed by atoms with Gasteiger partial charge in [-0.2, -0.15) is 0 Å². The molecule has 0 radical (unpaired) electrons. The van der Waals surface area contributed by atoms with E-state index in [1.54, 1.807) is 20.3 Å². The van der Waals surface area contributed by atoms with Crippen LogP contribution in [-0.4, -0.2) is 24.2 Å². The summed E-state index contributed by atoms with van der Waals surface area (Å²) in [6, 6.07) is 7.25. The monoisotopic (exact) mass is 288 g/mol. The standard InChI is InChI=1S/C15H20N4O2/c1-9(2)15-18-13(16)8-14(19-15)17-10-5-6-11(20-3)12(7-10)21-4/h5-9H,1-4H3,(H3,16,17,18,19). The van der Waals surface area contributed by atoms with Crippen molar-refractivity contribution in [1.29, 1.82) is 0 Å². The summed E-state index contributed by atoms with van der Waals surface area (Å²) in [5.41, 5.74) is 6.65. The van der Waals surface area contributed by atoms with Gasteiger partial charge in [-0.1, -0.05) is 13.8 Å². The van der Waals surface area contributed by atoms with Crippen LogP contribution in [0.1, 0.15) is 25.6 Å². The summed E-state index contributed by atoms with van der Waals surface area (Å²) in [7, 11) is 3.20. The molecule has 21 heavy (non-hydrogen) atoms. The van der Waals surface area contributed by atoms with Gasteiger partial charge < -0.3 is 20.5 Å². The first-order valence-corrected chi connectivity index (χ1v) is 6.67. The van der Waals surface area contributed by atoms with E-state index in [-0.39, 0.29) is 5.92 Å². The fourth-order valence-corrected chi connectivity index (χ4v) is 1.87. The number of nitrogens with two attached hydrogens (primary N) is 1. The zero-order chi connectivity index (χ0) is 15.4. The Balaban J connectivity index is 2.29. The van der Waals surface area contributed by atoms with Crippen molar-refractivity contribution in [3.8, 4) is 11.5 Å². The maximum Gasteiger partial charge on any atom is 0.162 e. The number of methoxy groups -OCH3 is 2. The first-order chi connectivity index (χ1) is 10.0. The van der Waals surface area contributed by atoms with Crippen molar-refractivity contribution in [3.63, 3.8) is 0 Å². The molecule has 0 aliphatic rings. The number of hydrogen-bond donors (Lipinski definition) is 2. The molecule has 0 fully saturated rings. The van der Waals surface area contributed by atoms with Gasteiger partial charge in [0.15, 0.2) is 11.5 Å². The number of nitrogens with zero attached hydrogens (tertiary/aromatic N) is 2. The van der Waals surface area contributed by atoms with Crippen LogP contribution >= 0.6 is 0 Å². The largest absolute Gasteiger partial charge is 0.493 e. The topological polar surface area (TPSA) is 82.3 Å². The van der Waals surface area contributed by atoms with Crippen molar-refractivity contribution in [2.24, 2.45) is 0 Å². The highest BCUT2D eigenvalue weighted by atomic mass is 16.5. The van der Waals surface area contributed by atoms with Crippen LogP contribution in [-0.2, 0) is 0 Å². The highest BCUT2D eigenvalue weighted by molar-refractivity contribution is 5.62. The van der Waals surface area contributed by atoms with E-state index in [2.05, 4.69) is 15.3 Å². The summed E-state index contributed by atoms with van der Waals surface area (Å²) >= 11 is 0. The maximum absolute atomic E-state index is 5.82. The predicted molar refractivity (Wildman–Crippen MR) is 83.4 cm³/mol. The first kappa shape index (κ1) is 14.9. The zero-order valence-corrected chi connectivity index (χ0v) is 12.7. The molecular formula is C15H20N4O2. The normalized spacial score (nSPS) is 10.5. The van der Waals surface area contributed by atoms with Crippen molar-refractivity contribution in [2.75, 3.05) is 25.3 Å². The van der Waals surface area contributed by atoms with Gasteiger partial charge in [0.1, 0.15) is 17.5 Å². The van der Waals surface area contributed by atoms with Crippen LogP contribution in [0.2, 0.25) is 0 Å². The lowest BCUT2D eigenvalue weighted by Gasteiger charge is -2.12. The molecule has 6 nitrogen and oxygen atoms in total. The Bertz CT molecular complexity index is 629. The molecular weight excluding hydrogens is 268 g/mol. The Morgan fingerprint density at radius 3 is 2.38 bits per heavy atom. The molecule has 0 spiro atoms. The third-order valence-corrected chi connectivity index (χ3v) is 2.94. The summed E-state index contributed by atoms with van der Waals surface area (Å²) in [6.07, 6.45) is 0. The molecule has 0 atom stereocenters. The highest BCUT2D eigenvalue weighted by Gasteiger charge is 2.09. The quantitative estimate of drug-likeness (QED) is 0.880. The first-order valence-electron chi connectivity index (χ1n) is 6.67. The van der Waals surface area contributed by atoms with Crippen LogP contribution in [0, 0.1) is 0 Å². The number of nitrogens with one attached hydrogen (secondary N) is 1. The maximum atomic E-state index is 5.82. The Kier molecular flexibility index (Phi) is 4.47. The Morgan fingerprint density at radius 1 is 1.05 bits per heavy atom. The van der Waals surface area contributed by atoms with E-state index in [1.807, 2.05) is 32.0 Å². The van der Waals surface area contributed by atoms with E-state index in [9.17, 15) is 0 Å². The van der Waals surface area contributed by atoms with Crippen LogP contribution < -0.4 is 20.5 Å². The molecule has 0 unspecified atom stereocenters. The van der Waals surface area contributed by atoms with E-state index < -0.39 is 0 Å². The van der Waals surface area contributed by atoms with Gasteiger partial charge in [-0.3, -0.25) is 0 Å². The lowest BCUT2D eigenvalue weighted by atomic mass is 10.2. The van der Waals surface area contributed by atoms with Crippen LogP contribution in [0.4, 0.5) is 17.3 Å². The number of aromatic nitrogens is 2. The van der Waals surface area contributed by atoms with E-state index in [1.165, 1.54) is 0 Å². The summed E-state index contributed by atoms with van der Waals surface area (Å²) in [6.45, 7) is 4.05. The van der Waals surface area contributed by atoms with Crippen LogP contribution in [0.3, 0.4) is 0 Å². The Morgan fingerprint density at radius 2 is 1.76 bits per heavy atom. The van der Waals surface area contributed by atoms with Crippen molar-refractivity contribution in [3.05, 3.63) is 30.1 Å².